The topological polar surface area (TPSA) is 55.8 Å². The molecule has 1 aliphatic rings. The minimum absolute atomic E-state index is 0.125. The van der Waals surface area contributed by atoms with Gasteiger partial charge in [-0.25, -0.2) is 8.42 Å². The highest BCUT2D eigenvalue weighted by Crippen LogP contribution is 2.30. The summed E-state index contributed by atoms with van der Waals surface area (Å²) in [5.41, 5.74) is 0. The zero-order chi connectivity index (χ0) is 14.6. The molecule has 0 unspecified atom stereocenters. The summed E-state index contributed by atoms with van der Waals surface area (Å²) in [5, 5.41) is 0.376. The maximum Gasteiger partial charge on any atom is 0.246 e. The summed E-state index contributed by atoms with van der Waals surface area (Å²) in [4.78, 5) is 0.125. The smallest absolute Gasteiger partial charge is 0.246 e. The molecule has 0 aromatic heterocycles. The van der Waals surface area contributed by atoms with Crippen molar-refractivity contribution in [1.29, 1.82) is 0 Å². The third-order valence-corrected chi connectivity index (χ3v) is 5.11. The standard InChI is InChI=1S/C13H18ClNO4S/c1-2-7-19-12-4-3-11(14)10-13(12)20(16,17)15-5-8-18-9-6-15/h3-4,10H,2,5-9H2,1H3. The van der Waals surface area contributed by atoms with Crippen LogP contribution in [0.15, 0.2) is 23.1 Å². The minimum Gasteiger partial charge on any atom is -0.492 e. The van der Waals surface area contributed by atoms with Gasteiger partial charge in [0.15, 0.2) is 0 Å². The van der Waals surface area contributed by atoms with E-state index in [0.29, 0.717) is 43.7 Å². The number of morpholine rings is 1. The van der Waals surface area contributed by atoms with Crippen LogP contribution >= 0.6 is 11.6 Å². The van der Waals surface area contributed by atoms with Crippen molar-refractivity contribution in [3.8, 4) is 5.75 Å². The lowest BCUT2D eigenvalue weighted by molar-refractivity contribution is 0.0729. The molecule has 5 nitrogen and oxygen atoms in total. The van der Waals surface area contributed by atoms with Gasteiger partial charge in [-0.3, -0.25) is 0 Å². The van der Waals surface area contributed by atoms with Crippen LogP contribution in [-0.2, 0) is 14.8 Å². The quantitative estimate of drug-likeness (QED) is 0.834. The largest absolute Gasteiger partial charge is 0.492 e. The van der Waals surface area contributed by atoms with Crippen molar-refractivity contribution in [1.82, 2.24) is 4.31 Å². The van der Waals surface area contributed by atoms with Gasteiger partial charge in [-0.1, -0.05) is 18.5 Å². The fraction of sp³-hybridized carbons (Fsp3) is 0.538. The van der Waals surface area contributed by atoms with E-state index in [9.17, 15) is 8.42 Å². The molecule has 2 rings (SSSR count). The van der Waals surface area contributed by atoms with E-state index in [1.165, 1.54) is 10.4 Å². The lowest BCUT2D eigenvalue weighted by Crippen LogP contribution is -2.40. The van der Waals surface area contributed by atoms with Gasteiger partial charge in [-0.05, 0) is 24.6 Å². The van der Waals surface area contributed by atoms with E-state index >= 15 is 0 Å². The van der Waals surface area contributed by atoms with Crippen molar-refractivity contribution in [3.63, 3.8) is 0 Å². The average Bonchev–Trinajstić information content (AvgIpc) is 2.47. The molecule has 0 spiro atoms. The predicted octanol–water partition coefficient (Wildman–Crippen LogP) is 2.15. The Morgan fingerprint density at radius 1 is 1.35 bits per heavy atom. The van der Waals surface area contributed by atoms with Crippen LogP contribution in [0.1, 0.15) is 13.3 Å². The summed E-state index contributed by atoms with van der Waals surface area (Å²) in [6.45, 7) is 3.94. The van der Waals surface area contributed by atoms with Crippen LogP contribution < -0.4 is 4.74 Å². The number of sulfonamides is 1. The molecule has 1 heterocycles. The summed E-state index contributed by atoms with van der Waals surface area (Å²) in [5.74, 6) is 0.350. The van der Waals surface area contributed by atoms with Gasteiger partial charge < -0.3 is 9.47 Å². The second-order valence-corrected chi connectivity index (χ2v) is 6.80. The summed E-state index contributed by atoms with van der Waals surface area (Å²) >= 11 is 5.93. The Labute approximate surface area is 124 Å². The van der Waals surface area contributed by atoms with Gasteiger partial charge in [0.25, 0.3) is 0 Å². The molecule has 20 heavy (non-hydrogen) atoms. The third kappa shape index (κ3) is 3.44. The molecule has 0 aliphatic carbocycles. The summed E-state index contributed by atoms with van der Waals surface area (Å²) in [7, 11) is -3.60. The molecule has 1 aliphatic heterocycles. The first-order chi connectivity index (χ1) is 9.55. The van der Waals surface area contributed by atoms with Gasteiger partial charge in [0, 0.05) is 18.1 Å². The molecular weight excluding hydrogens is 302 g/mol. The van der Waals surface area contributed by atoms with E-state index in [0.717, 1.165) is 6.42 Å². The second kappa shape index (κ2) is 6.76. The van der Waals surface area contributed by atoms with Crippen LogP contribution in [0.3, 0.4) is 0 Å². The van der Waals surface area contributed by atoms with E-state index < -0.39 is 10.0 Å². The number of rotatable bonds is 5. The molecular formula is C13H18ClNO4S. The molecule has 1 fully saturated rings. The maximum atomic E-state index is 12.7. The summed E-state index contributed by atoms with van der Waals surface area (Å²) in [6.07, 6.45) is 0.805. The Balaban J connectivity index is 2.35. The van der Waals surface area contributed by atoms with Crippen molar-refractivity contribution in [2.45, 2.75) is 18.2 Å². The average molecular weight is 320 g/mol. The van der Waals surface area contributed by atoms with Gasteiger partial charge >= 0.3 is 0 Å². The number of hydrogen-bond acceptors (Lipinski definition) is 4. The van der Waals surface area contributed by atoms with Gasteiger partial charge in [-0.15, -0.1) is 0 Å². The first-order valence-electron chi connectivity index (χ1n) is 6.56. The van der Waals surface area contributed by atoms with Crippen LogP contribution in [0.5, 0.6) is 5.75 Å². The third-order valence-electron chi connectivity index (χ3n) is 2.96. The van der Waals surface area contributed by atoms with E-state index in [-0.39, 0.29) is 4.90 Å². The molecule has 0 N–H and O–H groups in total. The lowest BCUT2D eigenvalue weighted by atomic mass is 10.3. The van der Waals surface area contributed by atoms with Gasteiger partial charge in [0.1, 0.15) is 10.6 Å². The SMILES string of the molecule is CCCOc1ccc(Cl)cc1S(=O)(=O)N1CCOCC1. The van der Waals surface area contributed by atoms with E-state index in [2.05, 4.69) is 0 Å². The number of benzene rings is 1. The van der Waals surface area contributed by atoms with Gasteiger partial charge in [0.2, 0.25) is 10.0 Å². The Hall–Kier alpha value is -0.820. The van der Waals surface area contributed by atoms with E-state index in [4.69, 9.17) is 21.1 Å². The molecule has 1 saturated heterocycles. The fourth-order valence-corrected chi connectivity index (χ4v) is 3.74. The highest BCUT2D eigenvalue weighted by Gasteiger charge is 2.29. The Bertz CT molecular complexity index is 555. The zero-order valence-corrected chi connectivity index (χ0v) is 12.9. The first-order valence-corrected chi connectivity index (χ1v) is 8.37. The fourth-order valence-electron chi connectivity index (χ4n) is 1.94. The van der Waals surface area contributed by atoms with Crippen molar-refractivity contribution in [2.24, 2.45) is 0 Å². The molecule has 0 radical (unpaired) electrons. The molecule has 0 atom stereocenters. The molecule has 1 aromatic rings. The minimum atomic E-state index is -3.60. The molecule has 7 heteroatoms. The number of hydrogen-bond donors (Lipinski definition) is 0. The molecule has 1 aromatic carbocycles. The molecule has 0 amide bonds. The Morgan fingerprint density at radius 2 is 2.05 bits per heavy atom. The molecule has 0 saturated carbocycles. The molecule has 0 bridgehead atoms. The summed E-state index contributed by atoms with van der Waals surface area (Å²) in [6, 6.07) is 4.67. The van der Waals surface area contributed by atoms with Crippen LogP contribution in [0.2, 0.25) is 5.02 Å². The first kappa shape index (κ1) is 15.6. The number of nitrogens with zero attached hydrogens (tertiary/aromatic N) is 1. The Kier molecular flexibility index (Phi) is 5.26. The van der Waals surface area contributed by atoms with Gasteiger partial charge in [-0.2, -0.15) is 4.31 Å². The lowest BCUT2D eigenvalue weighted by Gasteiger charge is -2.26. The second-order valence-electron chi connectivity index (χ2n) is 4.46. The van der Waals surface area contributed by atoms with Crippen molar-refractivity contribution < 1.29 is 17.9 Å². The van der Waals surface area contributed by atoms with Crippen LogP contribution in [-0.4, -0.2) is 45.6 Å². The van der Waals surface area contributed by atoms with E-state index in [1.807, 2.05) is 6.92 Å². The van der Waals surface area contributed by atoms with Crippen molar-refractivity contribution >= 4 is 21.6 Å². The van der Waals surface area contributed by atoms with Crippen molar-refractivity contribution in [3.05, 3.63) is 23.2 Å². The highest BCUT2D eigenvalue weighted by atomic mass is 35.5. The Morgan fingerprint density at radius 3 is 2.70 bits per heavy atom. The van der Waals surface area contributed by atoms with Crippen LogP contribution in [0, 0.1) is 0 Å². The number of ether oxygens (including phenoxy) is 2. The van der Waals surface area contributed by atoms with Gasteiger partial charge in [0.05, 0.1) is 19.8 Å². The number of halogens is 1. The van der Waals surface area contributed by atoms with E-state index in [1.54, 1.807) is 12.1 Å². The molecule has 112 valence electrons. The van der Waals surface area contributed by atoms with Crippen LogP contribution in [0.4, 0.5) is 0 Å². The van der Waals surface area contributed by atoms with Crippen molar-refractivity contribution in [2.75, 3.05) is 32.9 Å². The maximum absolute atomic E-state index is 12.7. The monoisotopic (exact) mass is 319 g/mol. The highest BCUT2D eigenvalue weighted by molar-refractivity contribution is 7.89. The zero-order valence-electron chi connectivity index (χ0n) is 11.3. The predicted molar refractivity (Wildman–Crippen MR) is 76.8 cm³/mol. The van der Waals surface area contributed by atoms with Crippen LogP contribution in [0.25, 0.3) is 0 Å². The summed E-state index contributed by atoms with van der Waals surface area (Å²) < 4.78 is 37.4. The normalized spacial score (nSPS) is 17.1.